The Kier molecular flexibility index (Phi) is 4.58. The van der Waals surface area contributed by atoms with Gasteiger partial charge in [-0.1, -0.05) is 44.2 Å². The van der Waals surface area contributed by atoms with E-state index < -0.39 is 6.10 Å². The fraction of sp³-hybridized carbons (Fsp3) is 0.294. The number of rotatable bonds is 4. The van der Waals surface area contributed by atoms with Crippen LogP contribution in [0.2, 0.25) is 0 Å². The predicted molar refractivity (Wildman–Crippen MR) is 83.0 cm³/mol. The van der Waals surface area contributed by atoms with E-state index >= 15 is 0 Å². The molecule has 4 heteroatoms. The molecule has 2 rings (SSSR count). The van der Waals surface area contributed by atoms with Crippen molar-refractivity contribution in [3.8, 4) is 0 Å². The largest absolute Gasteiger partial charge is 0.452 e. The molecule has 110 valence electrons. The molecule has 0 spiro atoms. The molecule has 1 amide bonds. The highest BCUT2D eigenvalue weighted by molar-refractivity contribution is 5.97. The van der Waals surface area contributed by atoms with Crippen molar-refractivity contribution in [2.24, 2.45) is 5.92 Å². The van der Waals surface area contributed by atoms with E-state index in [0.717, 1.165) is 10.8 Å². The standard InChI is InChI=1S/C17H19NO3/c1-11(2)17(20)21-12(3)16(19)18-15-9-8-13-6-4-5-7-14(13)10-15/h4-12H,1-3H3,(H,18,19)/t12-/m1/s1. The van der Waals surface area contributed by atoms with Crippen molar-refractivity contribution in [3.05, 3.63) is 42.5 Å². The molecule has 21 heavy (non-hydrogen) atoms. The molecule has 0 unspecified atom stereocenters. The summed E-state index contributed by atoms with van der Waals surface area (Å²) < 4.78 is 5.08. The minimum Gasteiger partial charge on any atom is -0.452 e. The highest BCUT2D eigenvalue weighted by Gasteiger charge is 2.19. The summed E-state index contributed by atoms with van der Waals surface area (Å²) in [4.78, 5) is 23.5. The zero-order valence-corrected chi connectivity index (χ0v) is 12.4. The number of benzene rings is 2. The molecule has 0 aliphatic carbocycles. The van der Waals surface area contributed by atoms with E-state index in [0.29, 0.717) is 5.69 Å². The normalized spacial score (nSPS) is 12.2. The Hall–Kier alpha value is -2.36. The first-order valence-corrected chi connectivity index (χ1v) is 6.97. The Balaban J connectivity index is 2.05. The summed E-state index contributed by atoms with van der Waals surface area (Å²) in [5.41, 5.74) is 0.686. The number of nitrogens with one attached hydrogen (secondary N) is 1. The van der Waals surface area contributed by atoms with Gasteiger partial charge in [-0.2, -0.15) is 0 Å². The average Bonchev–Trinajstić information content (AvgIpc) is 2.46. The van der Waals surface area contributed by atoms with Gasteiger partial charge in [0.05, 0.1) is 5.92 Å². The zero-order valence-electron chi connectivity index (χ0n) is 12.4. The number of hydrogen-bond acceptors (Lipinski definition) is 3. The third-order valence-electron chi connectivity index (χ3n) is 3.15. The second kappa shape index (κ2) is 6.39. The number of esters is 1. The predicted octanol–water partition coefficient (Wildman–Crippen LogP) is 3.37. The maximum Gasteiger partial charge on any atom is 0.309 e. The van der Waals surface area contributed by atoms with Gasteiger partial charge in [-0.3, -0.25) is 9.59 Å². The Morgan fingerprint density at radius 1 is 1.00 bits per heavy atom. The van der Waals surface area contributed by atoms with Crippen LogP contribution in [0.3, 0.4) is 0 Å². The minimum atomic E-state index is -0.814. The Bertz CT molecular complexity index is 664. The van der Waals surface area contributed by atoms with Gasteiger partial charge in [0.15, 0.2) is 6.10 Å². The van der Waals surface area contributed by atoms with Crippen molar-refractivity contribution < 1.29 is 14.3 Å². The van der Waals surface area contributed by atoms with E-state index in [1.54, 1.807) is 20.8 Å². The summed E-state index contributed by atoms with van der Waals surface area (Å²) in [6.45, 7) is 5.03. The molecule has 4 nitrogen and oxygen atoms in total. The number of hydrogen-bond donors (Lipinski definition) is 1. The molecule has 2 aromatic carbocycles. The maximum absolute atomic E-state index is 12.0. The van der Waals surface area contributed by atoms with Crippen molar-refractivity contribution in [1.29, 1.82) is 0 Å². The van der Waals surface area contributed by atoms with Gasteiger partial charge in [0, 0.05) is 5.69 Å². The molecule has 1 atom stereocenters. The Labute approximate surface area is 124 Å². The van der Waals surface area contributed by atoms with Gasteiger partial charge in [-0.15, -0.1) is 0 Å². The highest BCUT2D eigenvalue weighted by atomic mass is 16.5. The SMILES string of the molecule is CC(C)C(=O)O[C@H](C)C(=O)Nc1ccc2ccccc2c1. The number of anilines is 1. The van der Waals surface area contributed by atoms with Crippen LogP contribution < -0.4 is 5.32 Å². The van der Waals surface area contributed by atoms with E-state index in [2.05, 4.69) is 5.32 Å². The van der Waals surface area contributed by atoms with E-state index in [4.69, 9.17) is 4.74 Å². The molecule has 0 heterocycles. The lowest BCUT2D eigenvalue weighted by molar-refractivity contribution is -0.156. The Morgan fingerprint density at radius 3 is 2.33 bits per heavy atom. The Morgan fingerprint density at radius 2 is 1.67 bits per heavy atom. The summed E-state index contributed by atoms with van der Waals surface area (Å²) in [5.74, 6) is -0.962. The van der Waals surface area contributed by atoms with Gasteiger partial charge in [-0.25, -0.2) is 0 Å². The minimum absolute atomic E-state index is 0.249. The molecule has 0 aromatic heterocycles. The van der Waals surface area contributed by atoms with Crippen molar-refractivity contribution >= 4 is 28.3 Å². The maximum atomic E-state index is 12.0. The number of fused-ring (bicyclic) bond motifs is 1. The van der Waals surface area contributed by atoms with E-state index in [1.807, 2.05) is 42.5 Å². The molecule has 2 aromatic rings. The fourth-order valence-electron chi connectivity index (χ4n) is 1.87. The summed E-state index contributed by atoms with van der Waals surface area (Å²) in [5, 5.41) is 4.91. The summed E-state index contributed by atoms with van der Waals surface area (Å²) >= 11 is 0. The van der Waals surface area contributed by atoms with Crippen LogP contribution in [0, 0.1) is 5.92 Å². The van der Waals surface area contributed by atoms with Gasteiger partial charge in [-0.05, 0) is 29.8 Å². The molecule has 0 saturated heterocycles. The van der Waals surface area contributed by atoms with Gasteiger partial charge < -0.3 is 10.1 Å². The lowest BCUT2D eigenvalue weighted by Gasteiger charge is -2.15. The van der Waals surface area contributed by atoms with E-state index in [9.17, 15) is 9.59 Å². The molecule has 0 aliphatic rings. The average molecular weight is 285 g/mol. The molecule has 0 saturated carbocycles. The molecular weight excluding hydrogens is 266 g/mol. The summed E-state index contributed by atoms with van der Waals surface area (Å²) in [7, 11) is 0. The van der Waals surface area contributed by atoms with Crippen molar-refractivity contribution in [1.82, 2.24) is 0 Å². The van der Waals surface area contributed by atoms with Gasteiger partial charge in [0.1, 0.15) is 0 Å². The number of ether oxygens (including phenoxy) is 1. The van der Waals surface area contributed by atoms with Crippen LogP contribution in [0.4, 0.5) is 5.69 Å². The second-order valence-electron chi connectivity index (χ2n) is 5.28. The third-order valence-corrected chi connectivity index (χ3v) is 3.15. The van der Waals surface area contributed by atoms with Gasteiger partial charge in [0.25, 0.3) is 5.91 Å². The fourth-order valence-corrected chi connectivity index (χ4v) is 1.87. The summed E-state index contributed by atoms with van der Waals surface area (Å²) in [6, 6.07) is 13.6. The molecular formula is C17H19NO3. The highest BCUT2D eigenvalue weighted by Crippen LogP contribution is 2.19. The first kappa shape index (κ1) is 15.0. The van der Waals surface area contributed by atoms with Crippen LogP contribution in [0.5, 0.6) is 0 Å². The molecule has 0 radical (unpaired) electrons. The van der Waals surface area contributed by atoms with Crippen LogP contribution in [-0.4, -0.2) is 18.0 Å². The zero-order chi connectivity index (χ0) is 15.4. The molecule has 0 fully saturated rings. The smallest absolute Gasteiger partial charge is 0.309 e. The van der Waals surface area contributed by atoms with E-state index in [-0.39, 0.29) is 17.8 Å². The van der Waals surface area contributed by atoms with Gasteiger partial charge >= 0.3 is 5.97 Å². The topological polar surface area (TPSA) is 55.4 Å². The second-order valence-corrected chi connectivity index (χ2v) is 5.28. The van der Waals surface area contributed by atoms with Crippen LogP contribution in [0.1, 0.15) is 20.8 Å². The van der Waals surface area contributed by atoms with E-state index in [1.165, 1.54) is 0 Å². The first-order chi connectivity index (χ1) is 9.97. The van der Waals surface area contributed by atoms with Crippen LogP contribution in [0.15, 0.2) is 42.5 Å². The summed E-state index contributed by atoms with van der Waals surface area (Å²) in [6.07, 6.45) is -0.814. The number of amides is 1. The van der Waals surface area contributed by atoms with Crippen molar-refractivity contribution in [3.63, 3.8) is 0 Å². The quantitative estimate of drug-likeness (QED) is 0.876. The lowest BCUT2D eigenvalue weighted by Crippen LogP contribution is -2.31. The first-order valence-electron chi connectivity index (χ1n) is 6.97. The number of carbonyl (C=O) groups excluding carboxylic acids is 2. The van der Waals surface area contributed by atoms with Gasteiger partial charge in [0.2, 0.25) is 0 Å². The lowest BCUT2D eigenvalue weighted by atomic mass is 10.1. The third kappa shape index (κ3) is 3.81. The van der Waals surface area contributed by atoms with Crippen LogP contribution in [0.25, 0.3) is 10.8 Å². The monoisotopic (exact) mass is 285 g/mol. The molecule has 0 aliphatic heterocycles. The van der Waals surface area contributed by atoms with Crippen LogP contribution in [-0.2, 0) is 14.3 Å². The van der Waals surface area contributed by atoms with Crippen molar-refractivity contribution in [2.45, 2.75) is 26.9 Å². The molecule has 0 bridgehead atoms. The van der Waals surface area contributed by atoms with Crippen molar-refractivity contribution in [2.75, 3.05) is 5.32 Å². The molecule has 1 N–H and O–H groups in total. The number of carbonyl (C=O) groups is 2. The van der Waals surface area contributed by atoms with Crippen LogP contribution >= 0.6 is 0 Å².